The minimum Gasteiger partial charge on any atom is -0.377 e. The monoisotopic (exact) mass is 381 g/mol. The van der Waals surface area contributed by atoms with Gasteiger partial charge in [0.1, 0.15) is 0 Å². The van der Waals surface area contributed by atoms with E-state index in [1.165, 1.54) is 32.7 Å². The van der Waals surface area contributed by atoms with E-state index < -0.39 is 7.92 Å². The Bertz CT molecular complexity index is 988. The first-order valence-electron chi connectivity index (χ1n) is 9.51. The largest absolute Gasteiger partial charge is 0.377 e. The molecule has 0 N–H and O–H groups in total. The highest BCUT2D eigenvalue weighted by Gasteiger charge is 2.22. The van der Waals surface area contributed by atoms with Crippen LogP contribution in [0.3, 0.4) is 0 Å². The van der Waals surface area contributed by atoms with E-state index in [9.17, 15) is 0 Å². The van der Waals surface area contributed by atoms with E-state index in [1.807, 2.05) is 0 Å². The molecular weight excluding hydrogens is 357 g/mol. The van der Waals surface area contributed by atoms with Crippen LogP contribution in [0.4, 0.5) is 5.69 Å². The maximum Gasteiger partial charge on any atom is 0.0525 e. The Labute approximate surface area is 169 Å². The van der Waals surface area contributed by atoms with Crippen molar-refractivity contribution in [2.24, 2.45) is 0 Å². The highest BCUT2D eigenvalue weighted by atomic mass is 31.1. The van der Waals surface area contributed by atoms with Gasteiger partial charge in [-0.2, -0.15) is 0 Å². The Morgan fingerprint density at radius 2 is 1.04 bits per heavy atom. The van der Waals surface area contributed by atoms with Crippen LogP contribution in [0, 0.1) is 0 Å². The fourth-order valence-electron chi connectivity index (χ4n) is 3.61. The van der Waals surface area contributed by atoms with E-state index in [2.05, 4.69) is 128 Å². The van der Waals surface area contributed by atoms with Crippen LogP contribution >= 0.6 is 7.92 Å². The molecule has 0 aliphatic heterocycles. The van der Waals surface area contributed by atoms with Gasteiger partial charge in [0.2, 0.25) is 0 Å². The van der Waals surface area contributed by atoms with Gasteiger partial charge in [0.15, 0.2) is 0 Å². The van der Waals surface area contributed by atoms with E-state index in [1.54, 1.807) is 0 Å². The maximum absolute atomic E-state index is 2.30. The zero-order chi connectivity index (χ0) is 19.3. The van der Waals surface area contributed by atoms with E-state index in [4.69, 9.17) is 0 Å². The summed E-state index contributed by atoms with van der Waals surface area (Å²) in [5.41, 5.74) is 3.83. The highest BCUT2D eigenvalue weighted by Crippen LogP contribution is 2.40. The van der Waals surface area contributed by atoms with Crippen LogP contribution in [-0.2, 0) is 0 Å². The lowest BCUT2D eigenvalue weighted by Crippen LogP contribution is -2.26. The van der Waals surface area contributed by atoms with Crippen LogP contribution in [0.25, 0.3) is 11.1 Å². The van der Waals surface area contributed by atoms with Crippen LogP contribution in [0.15, 0.2) is 109 Å². The molecular formula is C26H24NP. The third-order valence-electron chi connectivity index (χ3n) is 4.82. The molecule has 28 heavy (non-hydrogen) atoms. The summed E-state index contributed by atoms with van der Waals surface area (Å²) in [7, 11) is 3.65. The molecule has 138 valence electrons. The first-order valence-corrected chi connectivity index (χ1v) is 10.9. The fraction of sp³-hybridized carbons (Fsp3) is 0.0769. The first-order chi connectivity index (χ1) is 13.8. The number of rotatable bonds is 5. The van der Waals surface area contributed by atoms with Crippen molar-refractivity contribution in [2.75, 3.05) is 19.0 Å². The van der Waals surface area contributed by atoms with Crippen molar-refractivity contribution in [2.45, 2.75) is 0 Å². The zero-order valence-corrected chi connectivity index (χ0v) is 17.2. The van der Waals surface area contributed by atoms with E-state index in [-0.39, 0.29) is 0 Å². The average molecular weight is 381 g/mol. The van der Waals surface area contributed by atoms with Crippen LogP contribution in [0.5, 0.6) is 0 Å². The fourth-order valence-corrected chi connectivity index (χ4v) is 6.18. The lowest BCUT2D eigenvalue weighted by Gasteiger charge is -2.27. The quantitative estimate of drug-likeness (QED) is 0.431. The van der Waals surface area contributed by atoms with Gasteiger partial charge in [-0.1, -0.05) is 109 Å². The molecule has 0 aliphatic carbocycles. The third kappa shape index (κ3) is 3.72. The van der Waals surface area contributed by atoms with E-state index >= 15 is 0 Å². The maximum atomic E-state index is 2.30. The van der Waals surface area contributed by atoms with Gasteiger partial charge in [0.05, 0.1) is 5.69 Å². The summed E-state index contributed by atoms with van der Waals surface area (Å²) < 4.78 is 0. The summed E-state index contributed by atoms with van der Waals surface area (Å²) in [6.07, 6.45) is 0. The zero-order valence-electron chi connectivity index (χ0n) is 16.3. The lowest BCUT2D eigenvalue weighted by atomic mass is 10.0. The van der Waals surface area contributed by atoms with Crippen molar-refractivity contribution in [3.8, 4) is 11.1 Å². The molecule has 4 aromatic rings. The van der Waals surface area contributed by atoms with Crippen molar-refractivity contribution >= 4 is 29.5 Å². The first kappa shape index (κ1) is 18.5. The molecule has 0 atom stereocenters. The van der Waals surface area contributed by atoms with Gasteiger partial charge >= 0.3 is 0 Å². The molecule has 0 saturated heterocycles. The average Bonchev–Trinajstić information content (AvgIpc) is 2.76. The Hall–Kier alpha value is -2.89. The molecule has 0 amide bonds. The van der Waals surface area contributed by atoms with Crippen molar-refractivity contribution in [1.29, 1.82) is 0 Å². The van der Waals surface area contributed by atoms with Crippen molar-refractivity contribution in [1.82, 2.24) is 0 Å². The van der Waals surface area contributed by atoms with Crippen LogP contribution in [0.2, 0.25) is 0 Å². The third-order valence-corrected chi connectivity index (χ3v) is 7.29. The number of nitrogens with zero attached hydrogens (tertiary/aromatic N) is 1. The highest BCUT2D eigenvalue weighted by molar-refractivity contribution is 7.80. The molecule has 0 aromatic heterocycles. The summed E-state index contributed by atoms with van der Waals surface area (Å²) >= 11 is 0. The number of benzene rings is 4. The molecule has 4 rings (SSSR count). The van der Waals surface area contributed by atoms with Gasteiger partial charge < -0.3 is 4.90 Å². The SMILES string of the molecule is CN(C)c1c(-c2ccccc2)cccc1P(c1ccccc1)c1ccccc1. The van der Waals surface area contributed by atoms with Gasteiger partial charge in [0, 0.05) is 25.0 Å². The van der Waals surface area contributed by atoms with Crippen molar-refractivity contribution in [3.63, 3.8) is 0 Å². The summed E-state index contributed by atoms with van der Waals surface area (Å²) in [5.74, 6) is 0. The molecule has 1 nitrogen and oxygen atoms in total. The van der Waals surface area contributed by atoms with Crippen LogP contribution < -0.4 is 20.8 Å². The molecule has 0 bridgehead atoms. The standard InChI is InChI=1S/C26H24NP/c1-27(2)26-24(21-13-6-3-7-14-21)19-12-20-25(26)28(22-15-8-4-9-16-22)23-17-10-5-11-18-23/h3-20H,1-2H3. The van der Waals surface area contributed by atoms with E-state index in [0.29, 0.717) is 0 Å². The Kier molecular flexibility index (Phi) is 5.55. The predicted molar refractivity (Wildman–Crippen MR) is 125 cm³/mol. The Morgan fingerprint density at radius 3 is 1.54 bits per heavy atom. The predicted octanol–water partition coefficient (Wildman–Crippen LogP) is 5.18. The summed E-state index contributed by atoms with van der Waals surface area (Å²) in [5, 5.41) is 4.13. The molecule has 0 fully saturated rings. The minimum absolute atomic E-state index is 0.647. The van der Waals surface area contributed by atoms with Crippen LogP contribution in [-0.4, -0.2) is 14.1 Å². The minimum atomic E-state index is -0.647. The normalized spacial score (nSPS) is 10.8. The van der Waals surface area contributed by atoms with Crippen molar-refractivity contribution < 1.29 is 0 Å². The van der Waals surface area contributed by atoms with Gasteiger partial charge in [-0.05, 0) is 24.1 Å². The summed E-state index contributed by atoms with van der Waals surface area (Å²) in [6, 6.07) is 39.2. The molecule has 2 heteroatoms. The van der Waals surface area contributed by atoms with Gasteiger partial charge in [-0.3, -0.25) is 0 Å². The van der Waals surface area contributed by atoms with Crippen LogP contribution in [0.1, 0.15) is 0 Å². The van der Waals surface area contributed by atoms with Crippen molar-refractivity contribution in [3.05, 3.63) is 109 Å². The van der Waals surface area contributed by atoms with E-state index in [0.717, 1.165) is 0 Å². The lowest BCUT2D eigenvalue weighted by molar-refractivity contribution is 1.14. The second-order valence-corrected chi connectivity index (χ2v) is 9.13. The smallest absolute Gasteiger partial charge is 0.0525 e. The second-order valence-electron chi connectivity index (χ2n) is 6.94. The van der Waals surface area contributed by atoms with Gasteiger partial charge in [0.25, 0.3) is 0 Å². The molecule has 0 radical (unpaired) electrons. The number of hydrogen-bond donors (Lipinski definition) is 0. The number of anilines is 1. The molecule has 0 heterocycles. The molecule has 0 spiro atoms. The topological polar surface area (TPSA) is 3.24 Å². The molecule has 0 aliphatic rings. The van der Waals surface area contributed by atoms with Gasteiger partial charge in [-0.25, -0.2) is 0 Å². The second kappa shape index (κ2) is 8.42. The Balaban J connectivity index is 1.97. The number of hydrogen-bond acceptors (Lipinski definition) is 1. The molecule has 0 saturated carbocycles. The van der Waals surface area contributed by atoms with Gasteiger partial charge in [-0.15, -0.1) is 0 Å². The molecule has 0 unspecified atom stereocenters. The Morgan fingerprint density at radius 1 is 0.536 bits per heavy atom. The summed E-state index contributed by atoms with van der Waals surface area (Å²) in [6.45, 7) is 0. The molecule has 4 aromatic carbocycles. The number of para-hydroxylation sites is 1. The summed E-state index contributed by atoms with van der Waals surface area (Å²) in [4.78, 5) is 2.26.